The Kier molecular flexibility index (Phi) is 8.55. The van der Waals surface area contributed by atoms with Crippen molar-refractivity contribution in [2.24, 2.45) is 0 Å². The number of hydrogen-bond acceptors (Lipinski definition) is 6. The first-order valence-corrected chi connectivity index (χ1v) is 13.7. The van der Waals surface area contributed by atoms with E-state index >= 15 is 0 Å². The van der Waals surface area contributed by atoms with Gasteiger partial charge in [-0.3, -0.25) is 14.3 Å². The monoisotopic (exact) mass is 535 g/mol. The molecule has 0 unspecified atom stereocenters. The van der Waals surface area contributed by atoms with E-state index < -0.39 is 0 Å². The molecule has 0 radical (unpaired) electrons. The molecule has 5 rings (SSSR count). The number of hydrogen-bond donors (Lipinski definition) is 1. The molecular formula is C31H29N5O2S. The molecule has 8 heteroatoms. The largest absolute Gasteiger partial charge is 0.494 e. The zero-order chi connectivity index (χ0) is 26.9. The molecule has 0 saturated heterocycles. The number of benzene rings is 4. The van der Waals surface area contributed by atoms with Gasteiger partial charge in [-0.2, -0.15) is 0 Å². The average molecular weight is 536 g/mol. The molecule has 0 atom stereocenters. The summed E-state index contributed by atoms with van der Waals surface area (Å²) in [7, 11) is 0. The molecule has 0 fully saturated rings. The van der Waals surface area contributed by atoms with Crippen LogP contribution in [0.25, 0.3) is 5.69 Å². The van der Waals surface area contributed by atoms with Gasteiger partial charge < -0.3 is 10.1 Å². The fourth-order valence-electron chi connectivity index (χ4n) is 4.14. The Balaban J connectivity index is 1.36. The molecule has 1 heterocycles. The van der Waals surface area contributed by atoms with Crippen molar-refractivity contribution in [3.05, 3.63) is 121 Å². The molecule has 7 nitrogen and oxygen atoms in total. The Morgan fingerprint density at radius 2 is 1.41 bits per heavy atom. The van der Waals surface area contributed by atoms with Gasteiger partial charge in [-0.15, -0.1) is 10.2 Å². The van der Waals surface area contributed by atoms with Gasteiger partial charge in [-0.1, -0.05) is 66.4 Å². The maximum Gasteiger partial charge on any atom is 0.242 e. The molecule has 4 aromatic carbocycles. The van der Waals surface area contributed by atoms with Gasteiger partial charge in [0.2, 0.25) is 5.91 Å². The molecule has 0 saturated carbocycles. The third-order valence-electron chi connectivity index (χ3n) is 5.93. The molecule has 5 aromatic rings. The van der Waals surface area contributed by atoms with Crippen molar-refractivity contribution >= 4 is 34.7 Å². The molecule has 0 spiro atoms. The number of rotatable bonds is 11. The van der Waals surface area contributed by atoms with E-state index in [9.17, 15) is 4.79 Å². The second-order valence-corrected chi connectivity index (χ2v) is 9.51. The lowest BCUT2D eigenvalue weighted by Gasteiger charge is -2.23. The smallest absolute Gasteiger partial charge is 0.242 e. The van der Waals surface area contributed by atoms with Crippen LogP contribution >= 0.6 is 11.8 Å². The number of nitrogens with zero attached hydrogens (tertiary/aromatic N) is 4. The summed E-state index contributed by atoms with van der Waals surface area (Å²) < 4.78 is 7.53. The Bertz CT molecular complexity index is 1440. The van der Waals surface area contributed by atoms with Gasteiger partial charge in [0.15, 0.2) is 11.0 Å². The number of nitrogens with one attached hydrogen (secondary N) is 1. The van der Waals surface area contributed by atoms with E-state index in [2.05, 4.69) is 15.5 Å². The van der Waals surface area contributed by atoms with Gasteiger partial charge in [0.05, 0.1) is 18.9 Å². The topological polar surface area (TPSA) is 72.3 Å². The molecule has 1 amide bonds. The Hall–Kier alpha value is -4.56. The molecule has 0 aliphatic carbocycles. The molecule has 0 bridgehead atoms. The van der Waals surface area contributed by atoms with Gasteiger partial charge in [-0.05, 0) is 67.6 Å². The summed E-state index contributed by atoms with van der Waals surface area (Å²) >= 11 is 1.37. The van der Waals surface area contributed by atoms with Gasteiger partial charge in [0.25, 0.3) is 0 Å². The van der Waals surface area contributed by atoms with Crippen LogP contribution in [0.5, 0.6) is 5.75 Å². The van der Waals surface area contributed by atoms with E-state index in [0.717, 1.165) is 34.3 Å². The predicted octanol–water partition coefficient (Wildman–Crippen LogP) is 6.74. The van der Waals surface area contributed by atoms with Gasteiger partial charge >= 0.3 is 0 Å². The summed E-state index contributed by atoms with van der Waals surface area (Å²) in [6.07, 6.45) is 0. The van der Waals surface area contributed by atoms with Gasteiger partial charge in [-0.25, -0.2) is 0 Å². The minimum atomic E-state index is -0.0472. The van der Waals surface area contributed by atoms with Gasteiger partial charge in [0, 0.05) is 22.7 Å². The number of anilines is 3. The summed E-state index contributed by atoms with van der Waals surface area (Å²) in [6.45, 7) is 3.06. The molecular weight excluding hydrogens is 506 g/mol. The Labute approximate surface area is 232 Å². The maximum absolute atomic E-state index is 13.6. The normalized spacial score (nSPS) is 10.7. The zero-order valence-electron chi connectivity index (χ0n) is 21.6. The lowest BCUT2D eigenvalue weighted by Crippen LogP contribution is -2.27. The third kappa shape index (κ3) is 6.48. The van der Waals surface area contributed by atoms with Crippen LogP contribution in [0.4, 0.5) is 17.1 Å². The maximum atomic E-state index is 13.6. The number of carbonyl (C=O) groups excluding carboxylic acids is 1. The average Bonchev–Trinajstić information content (AvgIpc) is 3.40. The van der Waals surface area contributed by atoms with Crippen molar-refractivity contribution in [2.45, 2.75) is 18.6 Å². The van der Waals surface area contributed by atoms with Crippen molar-refractivity contribution in [2.75, 3.05) is 22.6 Å². The summed E-state index contributed by atoms with van der Waals surface area (Å²) in [5.41, 5.74) is 3.52. The fraction of sp³-hybridized carbons (Fsp3) is 0.129. The Morgan fingerprint density at radius 3 is 2.00 bits per heavy atom. The molecule has 0 aliphatic rings. The van der Waals surface area contributed by atoms with Crippen LogP contribution in [0.15, 0.2) is 120 Å². The highest BCUT2D eigenvalue weighted by molar-refractivity contribution is 7.99. The number of amides is 1. The second-order valence-electron chi connectivity index (χ2n) is 8.57. The second kappa shape index (κ2) is 12.8. The van der Waals surface area contributed by atoms with E-state index in [1.165, 1.54) is 11.8 Å². The number of ether oxygens (including phenoxy) is 1. The van der Waals surface area contributed by atoms with Crippen LogP contribution in [0, 0.1) is 0 Å². The van der Waals surface area contributed by atoms with E-state index in [4.69, 9.17) is 4.74 Å². The molecule has 39 heavy (non-hydrogen) atoms. The Morgan fingerprint density at radius 1 is 0.821 bits per heavy atom. The van der Waals surface area contributed by atoms with Crippen LogP contribution in [-0.2, 0) is 11.3 Å². The minimum Gasteiger partial charge on any atom is -0.494 e. The highest BCUT2D eigenvalue weighted by Gasteiger charge is 2.21. The summed E-state index contributed by atoms with van der Waals surface area (Å²) in [5.74, 6) is 1.72. The standard InChI is InChI=1S/C31H29N5O2S/c1-2-38-28-20-18-24(19-21-28)32-22-29-33-34-31(36(29)27-16-10-5-11-17-27)39-23-30(37)35(25-12-6-3-7-13-25)26-14-8-4-9-15-26/h3-21,32H,2,22-23H2,1H3. The zero-order valence-corrected chi connectivity index (χ0v) is 22.4. The van der Waals surface area contributed by atoms with Crippen molar-refractivity contribution < 1.29 is 9.53 Å². The highest BCUT2D eigenvalue weighted by Crippen LogP contribution is 2.28. The van der Waals surface area contributed by atoms with Crippen LogP contribution in [-0.4, -0.2) is 33.0 Å². The van der Waals surface area contributed by atoms with Crippen molar-refractivity contribution in [3.63, 3.8) is 0 Å². The number of thioether (sulfide) groups is 1. The molecule has 1 aromatic heterocycles. The van der Waals surface area contributed by atoms with Gasteiger partial charge in [0.1, 0.15) is 5.75 Å². The van der Waals surface area contributed by atoms with Crippen molar-refractivity contribution in [3.8, 4) is 11.4 Å². The van der Waals surface area contributed by atoms with Crippen molar-refractivity contribution in [1.29, 1.82) is 0 Å². The predicted molar refractivity (Wildman–Crippen MR) is 157 cm³/mol. The summed E-state index contributed by atoms with van der Waals surface area (Å²) in [4.78, 5) is 15.3. The van der Waals surface area contributed by atoms with E-state index in [1.54, 1.807) is 4.90 Å². The molecule has 1 N–H and O–H groups in total. The number of para-hydroxylation sites is 3. The summed E-state index contributed by atoms with van der Waals surface area (Å²) in [6, 6.07) is 37.1. The minimum absolute atomic E-state index is 0.0472. The fourth-order valence-corrected chi connectivity index (χ4v) is 4.96. The quantitative estimate of drug-likeness (QED) is 0.189. The molecule has 196 valence electrons. The van der Waals surface area contributed by atoms with E-state index in [0.29, 0.717) is 18.3 Å². The number of aromatic nitrogens is 3. The first kappa shape index (κ1) is 26.1. The summed E-state index contributed by atoms with van der Waals surface area (Å²) in [5, 5.41) is 13.0. The SMILES string of the molecule is CCOc1ccc(NCc2nnc(SCC(=O)N(c3ccccc3)c3ccccc3)n2-c2ccccc2)cc1. The lowest BCUT2D eigenvalue weighted by molar-refractivity contribution is -0.115. The van der Waals surface area contributed by atoms with Crippen LogP contribution in [0.2, 0.25) is 0 Å². The van der Waals surface area contributed by atoms with Crippen LogP contribution in [0.3, 0.4) is 0 Å². The highest BCUT2D eigenvalue weighted by atomic mass is 32.2. The van der Waals surface area contributed by atoms with E-state index in [-0.39, 0.29) is 11.7 Å². The van der Waals surface area contributed by atoms with Crippen LogP contribution in [0.1, 0.15) is 12.7 Å². The lowest BCUT2D eigenvalue weighted by atomic mass is 10.2. The first-order valence-electron chi connectivity index (χ1n) is 12.7. The van der Waals surface area contributed by atoms with Crippen molar-refractivity contribution in [1.82, 2.24) is 14.8 Å². The first-order chi connectivity index (χ1) is 19.2. The number of carbonyl (C=O) groups is 1. The van der Waals surface area contributed by atoms with E-state index in [1.807, 2.05) is 127 Å². The molecule has 0 aliphatic heterocycles. The third-order valence-corrected chi connectivity index (χ3v) is 6.85. The van der Waals surface area contributed by atoms with Crippen LogP contribution < -0.4 is 15.0 Å².